The molecule has 0 unspecified atom stereocenters. The highest BCUT2D eigenvalue weighted by Crippen LogP contribution is 2.31. The third-order valence-corrected chi connectivity index (χ3v) is 6.50. The number of benzene rings is 2. The van der Waals surface area contributed by atoms with Gasteiger partial charge in [-0.05, 0) is 42.0 Å². The van der Waals surface area contributed by atoms with Crippen LogP contribution >= 0.6 is 23.1 Å². The molecular formula is C22H19N3OS2. The molecule has 28 heavy (non-hydrogen) atoms. The van der Waals surface area contributed by atoms with Crippen LogP contribution in [0.1, 0.15) is 21.6 Å². The number of pyridine rings is 1. The van der Waals surface area contributed by atoms with Gasteiger partial charge in [0.05, 0.1) is 10.2 Å². The van der Waals surface area contributed by atoms with Crippen LogP contribution in [0.4, 0.5) is 0 Å². The van der Waals surface area contributed by atoms with E-state index in [9.17, 15) is 4.79 Å². The molecule has 0 radical (unpaired) electrons. The van der Waals surface area contributed by atoms with E-state index in [0.29, 0.717) is 12.1 Å². The van der Waals surface area contributed by atoms with Crippen LogP contribution in [0.2, 0.25) is 0 Å². The smallest absolute Gasteiger partial charge is 0.251 e. The summed E-state index contributed by atoms with van der Waals surface area (Å²) in [5.74, 6) is 0.780. The highest BCUT2D eigenvalue weighted by Gasteiger charge is 2.07. The lowest BCUT2D eigenvalue weighted by Gasteiger charge is -2.06. The molecule has 0 aliphatic rings. The molecule has 0 atom stereocenters. The maximum atomic E-state index is 12.3. The second kappa shape index (κ2) is 8.99. The minimum absolute atomic E-state index is 0.0543. The molecule has 1 amide bonds. The number of fused-ring (bicyclic) bond motifs is 1. The van der Waals surface area contributed by atoms with Crippen molar-refractivity contribution in [2.45, 2.75) is 16.5 Å². The van der Waals surface area contributed by atoms with Crippen molar-refractivity contribution in [3.63, 3.8) is 0 Å². The van der Waals surface area contributed by atoms with Gasteiger partial charge in [-0.15, -0.1) is 11.3 Å². The Bertz CT molecular complexity index is 1030. The van der Waals surface area contributed by atoms with Crippen molar-refractivity contribution in [3.8, 4) is 0 Å². The van der Waals surface area contributed by atoms with Gasteiger partial charge in [-0.3, -0.25) is 9.78 Å². The van der Waals surface area contributed by atoms with Gasteiger partial charge in [-0.1, -0.05) is 42.1 Å². The van der Waals surface area contributed by atoms with E-state index in [1.807, 2.05) is 60.7 Å². The minimum Gasteiger partial charge on any atom is -0.352 e. The zero-order chi connectivity index (χ0) is 19.2. The number of para-hydroxylation sites is 1. The van der Waals surface area contributed by atoms with Crippen LogP contribution < -0.4 is 5.32 Å². The molecule has 0 saturated heterocycles. The van der Waals surface area contributed by atoms with Crippen LogP contribution in [0.3, 0.4) is 0 Å². The lowest BCUT2D eigenvalue weighted by Crippen LogP contribution is -2.25. The molecule has 0 spiro atoms. The van der Waals surface area contributed by atoms with Crippen LogP contribution in [0.5, 0.6) is 0 Å². The largest absolute Gasteiger partial charge is 0.352 e. The van der Waals surface area contributed by atoms with Gasteiger partial charge in [0.2, 0.25) is 0 Å². The second-order valence-electron chi connectivity index (χ2n) is 6.26. The number of nitrogens with zero attached hydrogens (tertiary/aromatic N) is 2. The lowest BCUT2D eigenvalue weighted by atomic mass is 10.1. The van der Waals surface area contributed by atoms with Crippen molar-refractivity contribution >= 4 is 39.2 Å². The molecule has 4 aromatic rings. The van der Waals surface area contributed by atoms with E-state index >= 15 is 0 Å². The third-order valence-electron chi connectivity index (χ3n) is 4.25. The van der Waals surface area contributed by atoms with Crippen molar-refractivity contribution in [1.29, 1.82) is 0 Å². The summed E-state index contributed by atoms with van der Waals surface area (Å²) in [5, 5.41) is 2.95. The summed E-state index contributed by atoms with van der Waals surface area (Å²) in [5.41, 5.74) is 3.88. The van der Waals surface area contributed by atoms with Crippen molar-refractivity contribution in [2.75, 3.05) is 6.54 Å². The maximum absolute atomic E-state index is 12.3. The first-order chi connectivity index (χ1) is 13.8. The Morgan fingerprint density at radius 2 is 1.82 bits per heavy atom. The zero-order valence-electron chi connectivity index (χ0n) is 15.2. The van der Waals surface area contributed by atoms with Crippen LogP contribution in [0.25, 0.3) is 10.2 Å². The number of hydrogen-bond acceptors (Lipinski definition) is 5. The Hall–Kier alpha value is -2.70. The average molecular weight is 406 g/mol. The number of nitrogens with one attached hydrogen (secondary N) is 1. The molecule has 0 aliphatic heterocycles. The highest BCUT2D eigenvalue weighted by molar-refractivity contribution is 8.00. The van der Waals surface area contributed by atoms with Crippen LogP contribution in [0, 0.1) is 0 Å². The van der Waals surface area contributed by atoms with E-state index < -0.39 is 0 Å². The van der Waals surface area contributed by atoms with Crippen molar-refractivity contribution < 1.29 is 4.79 Å². The Morgan fingerprint density at radius 1 is 1.00 bits per heavy atom. The molecule has 0 aliphatic carbocycles. The number of hydrogen-bond donors (Lipinski definition) is 1. The SMILES string of the molecule is O=C(NCCc1ccccn1)c1ccc(CSc2nc3ccccc3s2)cc1. The van der Waals surface area contributed by atoms with Gasteiger partial charge in [-0.25, -0.2) is 4.98 Å². The fourth-order valence-corrected chi connectivity index (χ4v) is 4.79. The molecule has 0 saturated carbocycles. The quantitative estimate of drug-likeness (QED) is 0.442. The average Bonchev–Trinajstić information content (AvgIpc) is 3.16. The van der Waals surface area contributed by atoms with Gasteiger partial charge < -0.3 is 5.32 Å². The normalized spacial score (nSPS) is 10.9. The molecular weight excluding hydrogens is 386 g/mol. The van der Waals surface area contributed by atoms with Gasteiger partial charge in [0.25, 0.3) is 5.91 Å². The highest BCUT2D eigenvalue weighted by atomic mass is 32.2. The molecule has 4 rings (SSSR count). The van der Waals surface area contributed by atoms with E-state index in [1.165, 1.54) is 10.3 Å². The first kappa shape index (κ1) is 18.7. The summed E-state index contributed by atoms with van der Waals surface area (Å²) in [6, 6.07) is 21.8. The second-order valence-corrected chi connectivity index (χ2v) is 8.51. The van der Waals surface area contributed by atoms with Crippen LogP contribution in [0.15, 0.2) is 77.3 Å². The molecule has 4 nitrogen and oxygen atoms in total. The Morgan fingerprint density at radius 3 is 2.61 bits per heavy atom. The summed E-state index contributed by atoms with van der Waals surface area (Å²) >= 11 is 3.44. The number of carbonyl (C=O) groups is 1. The summed E-state index contributed by atoms with van der Waals surface area (Å²) < 4.78 is 2.28. The fourth-order valence-electron chi connectivity index (χ4n) is 2.76. The third kappa shape index (κ3) is 4.77. The fraction of sp³-hybridized carbons (Fsp3) is 0.136. The lowest BCUT2D eigenvalue weighted by molar-refractivity contribution is 0.0954. The number of aromatic nitrogens is 2. The first-order valence-corrected chi connectivity index (χ1v) is 10.8. The minimum atomic E-state index is -0.0543. The Balaban J connectivity index is 1.28. The zero-order valence-corrected chi connectivity index (χ0v) is 16.8. The van der Waals surface area contributed by atoms with Gasteiger partial charge in [0, 0.05) is 36.2 Å². The summed E-state index contributed by atoms with van der Waals surface area (Å²) in [7, 11) is 0. The molecule has 0 bridgehead atoms. The predicted molar refractivity (Wildman–Crippen MR) is 116 cm³/mol. The molecule has 2 aromatic carbocycles. The molecule has 1 N–H and O–H groups in total. The summed E-state index contributed by atoms with van der Waals surface area (Å²) in [6.45, 7) is 0.574. The van der Waals surface area contributed by atoms with Crippen LogP contribution in [-0.2, 0) is 12.2 Å². The number of rotatable bonds is 7. The van der Waals surface area contributed by atoms with Crippen molar-refractivity contribution in [1.82, 2.24) is 15.3 Å². The van der Waals surface area contributed by atoms with E-state index in [0.717, 1.165) is 27.7 Å². The van der Waals surface area contributed by atoms with E-state index in [2.05, 4.69) is 21.4 Å². The molecule has 0 fully saturated rings. The summed E-state index contributed by atoms with van der Waals surface area (Å²) in [4.78, 5) is 21.2. The van der Waals surface area contributed by atoms with Gasteiger partial charge >= 0.3 is 0 Å². The van der Waals surface area contributed by atoms with Crippen molar-refractivity contribution in [3.05, 3.63) is 89.7 Å². The standard InChI is InChI=1S/C22H19N3OS2/c26-21(24-14-12-18-5-3-4-13-23-18)17-10-8-16(9-11-17)15-27-22-25-19-6-1-2-7-20(19)28-22/h1-11,13H,12,14-15H2,(H,24,26). The van der Waals surface area contributed by atoms with Crippen LogP contribution in [-0.4, -0.2) is 22.4 Å². The number of carbonyl (C=O) groups excluding carboxylic acids is 1. The maximum Gasteiger partial charge on any atom is 0.251 e. The van der Waals surface area contributed by atoms with Gasteiger partial charge in [0.1, 0.15) is 0 Å². The predicted octanol–water partition coefficient (Wildman–Crippen LogP) is 4.96. The van der Waals surface area contributed by atoms with E-state index in [4.69, 9.17) is 0 Å². The first-order valence-electron chi connectivity index (χ1n) is 9.03. The molecule has 140 valence electrons. The molecule has 2 heterocycles. The number of thioether (sulfide) groups is 1. The van der Waals surface area contributed by atoms with Gasteiger partial charge in [0.15, 0.2) is 4.34 Å². The summed E-state index contributed by atoms with van der Waals surface area (Å²) in [6.07, 6.45) is 2.49. The number of amides is 1. The Kier molecular flexibility index (Phi) is 5.99. The monoisotopic (exact) mass is 405 g/mol. The van der Waals surface area contributed by atoms with Gasteiger partial charge in [-0.2, -0.15) is 0 Å². The number of thiazole rings is 1. The molecule has 2 aromatic heterocycles. The van der Waals surface area contributed by atoms with E-state index in [-0.39, 0.29) is 5.91 Å². The van der Waals surface area contributed by atoms with E-state index in [1.54, 1.807) is 29.3 Å². The van der Waals surface area contributed by atoms with Crippen molar-refractivity contribution in [2.24, 2.45) is 0 Å². The Labute approximate surface area is 172 Å². The molecule has 6 heteroatoms. The topological polar surface area (TPSA) is 54.9 Å².